The Labute approximate surface area is 69.5 Å². The Hall–Kier alpha value is -1.46. The lowest BCUT2D eigenvalue weighted by Crippen LogP contribution is -2.09. The van der Waals surface area contributed by atoms with Gasteiger partial charge in [0.1, 0.15) is 6.33 Å². The molecule has 0 spiro atoms. The van der Waals surface area contributed by atoms with Gasteiger partial charge in [0.25, 0.3) is 0 Å². The zero-order valence-corrected chi connectivity index (χ0v) is 6.80. The molecule has 0 saturated carbocycles. The van der Waals surface area contributed by atoms with Crippen molar-refractivity contribution in [1.29, 1.82) is 0 Å². The number of tetrazole rings is 1. The summed E-state index contributed by atoms with van der Waals surface area (Å²) in [6.07, 6.45) is 2.61. The van der Waals surface area contributed by atoms with E-state index in [0.717, 1.165) is 6.42 Å². The first-order valence-electron chi connectivity index (χ1n) is 3.69. The van der Waals surface area contributed by atoms with Crippen molar-refractivity contribution in [3.05, 3.63) is 6.33 Å². The quantitative estimate of drug-likeness (QED) is 0.593. The Morgan fingerprint density at radius 2 is 2.50 bits per heavy atom. The highest BCUT2D eigenvalue weighted by molar-refractivity contribution is 5.68. The zero-order chi connectivity index (χ0) is 8.81. The molecule has 0 aliphatic heterocycles. The molecule has 0 aromatic carbocycles. The number of nitrogens with zero attached hydrogens (tertiary/aromatic N) is 4. The Morgan fingerprint density at radius 3 is 3.08 bits per heavy atom. The van der Waals surface area contributed by atoms with Gasteiger partial charge in [0.05, 0.1) is 0 Å². The van der Waals surface area contributed by atoms with Crippen LogP contribution in [-0.4, -0.2) is 26.2 Å². The number of esters is 1. The molecule has 0 N–H and O–H groups in total. The average molecular weight is 170 g/mol. The molecule has 1 heterocycles. The van der Waals surface area contributed by atoms with Gasteiger partial charge in [0.15, 0.2) is 6.73 Å². The standard InChI is InChI=1S/C6H10N4O2/c1-2-3-6(11)12-5-10-4-7-8-9-10/h4H,2-3,5H2,1H3. The van der Waals surface area contributed by atoms with E-state index >= 15 is 0 Å². The minimum atomic E-state index is -0.229. The topological polar surface area (TPSA) is 69.9 Å². The summed E-state index contributed by atoms with van der Waals surface area (Å²) in [5.74, 6) is -0.229. The summed E-state index contributed by atoms with van der Waals surface area (Å²) in [5, 5.41) is 10.3. The first-order chi connectivity index (χ1) is 5.83. The maximum atomic E-state index is 10.8. The summed E-state index contributed by atoms with van der Waals surface area (Å²) in [4.78, 5) is 10.8. The van der Waals surface area contributed by atoms with E-state index in [1.54, 1.807) is 0 Å². The van der Waals surface area contributed by atoms with Crippen LogP contribution in [0.25, 0.3) is 0 Å². The molecular formula is C6H10N4O2. The normalized spacial score (nSPS) is 9.75. The van der Waals surface area contributed by atoms with Gasteiger partial charge in [0.2, 0.25) is 0 Å². The van der Waals surface area contributed by atoms with Crippen LogP contribution in [0.2, 0.25) is 0 Å². The van der Waals surface area contributed by atoms with Crippen LogP contribution in [0.1, 0.15) is 19.8 Å². The van der Waals surface area contributed by atoms with Crippen molar-refractivity contribution < 1.29 is 9.53 Å². The summed E-state index contributed by atoms with van der Waals surface area (Å²) in [7, 11) is 0. The highest BCUT2D eigenvalue weighted by Crippen LogP contribution is 1.91. The minimum absolute atomic E-state index is 0.0891. The number of hydrogen-bond acceptors (Lipinski definition) is 5. The number of ether oxygens (including phenoxy) is 1. The number of carbonyl (C=O) groups excluding carboxylic acids is 1. The molecule has 6 nitrogen and oxygen atoms in total. The van der Waals surface area contributed by atoms with E-state index in [4.69, 9.17) is 4.74 Å². The van der Waals surface area contributed by atoms with Crippen LogP contribution in [-0.2, 0) is 16.3 Å². The number of carbonyl (C=O) groups is 1. The smallest absolute Gasteiger partial charge is 0.307 e. The molecule has 0 fully saturated rings. The summed E-state index contributed by atoms with van der Waals surface area (Å²) < 4.78 is 6.15. The molecule has 0 saturated heterocycles. The Morgan fingerprint density at radius 1 is 1.67 bits per heavy atom. The fourth-order valence-corrected chi connectivity index (χ4v) is 0.654. The summed E-state index contributed by atoms with van der Waals surface area (Å²) in [6.45, 7) is 2.00. The van der Waals surface area contributed by atoms with Gasteiger partial charge >= 0.3 is 5.97 Å². The Bertz CT molecular complexity index is 234. The summed E-state index contributed by atoms with van der Waals surface area (Å²) in [6, 6.07) is 0. The lowest BCUT2D eigenvalue weighted by atomic mass is 10.3. The molecule has 1 aromatic heterocycles. The number of rotatable bonds is 4. The third-order valence-electron chi connectivity index (χ3n) is 1.20. The van der Waals surface area contributed by atoms with E-state index in [1.165, 1.54) is 11.0 Å². The third-order valence-corrected chi connectivity index (χ3v) is 1.20. The maximum Gasteiger partial charge on any atom is 0.307 e. The van der Waals surface area contributed by atoms with Gasteiger partial charge < -0.3 is 4.74 Å². The molecule has 0 radical (unpaired) electrons. The van der Waals surface area contributed by atoms with Crippen LogP contribution in [0, 0.1) is 0 Å². The van der Waals surface area contributed by atoms with Gasteiger partial charge in [-0.05, 0) is 16.8 Å². The van der Waals surface area contributed by atoms with Gasteiger partial charge in [0, 0.05) is 6.42 Å². The van der Waals surface area contributed by atoms with Crippen LogP contribution in [0.4, 0.5) is 0 Å². The molecule has 0 atom stereocenters. The highest BCUT2D eigenvalue weighted by Gasteiger charge is 2.00. The Balaban J connectivity index is 2.22. The van der Waals surface area contributed by atoms with Crippen LogP contribution in [0.5, 0.6) is 0 Å². The number of hydrogen-bond donors (Lipinski definition) is 0. The van der Waals surface area contributed by atoms with E-state index in [-0.39, 0.29) is 12.7 Å². The van der Waals surface area contributed by atoms with Crippen molar-refractivity contribution in [1.82, 2.24) is 20.2 Å². The molecule has 0 unspecified atom stereocenters. The van der Waals surface area contributed by atoms with Crippen LogP contribution >= 0.6 is 0 Å². The molecule has 1 aromatic rings. The molecule has 0 amide bonds. The minimum Gasteiger partial charge on any atom is -0.442 e. The van der Waals surface area contributed by atoms with Gasteiger partial charge in [-0.2, -0.15) is 4.68 Å². The van der Waals surface area contributed by atoms with Gasteiger partial charge in [-0.15, -0.1) is 5.10 Å². The molecule has 66 valence electrons. The second-order valence-corrected chi connectivity index (χ2v) is 2.24. The SMILES string of the molecule is CCCC(=O)OCn1cnnn1. The average Bonchev–Trinajstić information content (AvgIpc) is 2.53. The van der Waals surface area contributed by atoms with E-state index in [0.29, 0.717) is 6.42 Å². The van der Waals surface area contributed by atoms with Crippen molar-refractivity contribution in [2.24, 2.45) is 0 Å². The molecule has 12 heavy (non-hydrogen) atoms. The molecule has 0 bridgehead atoms. The molecule has 0 aliphatic rings. The molecule has 6 heteroatoms. The van der Waals surface area contributed by atoms with Crippen LogP contribution in [0.3, 0.4) is 0 Å². The van der Waals surface area contributed by atoms with Gasteiger partial charge in [-0.1, -0.05) is 6.92 Å². The second kappa shape index (κ2) is 4.42. The van der Waals surface area contributed by atoms with Crippen molar-refractivity contribution >= 4 is 5.97 Å². The van der Waals surface area contributed by atoms with Gasteiger partial charge in [-0.3, -0.25) is 4.79 Å². The molecule has 1 rings (SSSR count). The van der Waals surface area contributed by atoms with E-state index in [9.17, 15) is 4.79 Å². The van der Waals surface area contributed by atoms with E-state index in [2.05, 4.69) is 15.5 Å². The highest BCUT2D eigenvalue weighted by atomic mass is 16.5. The van der Waals surface area contributed by atoms with Crippen molar-refractivity contribution in [2.45, 2.75) is 26.5 Å². The summed E-state index contributed by atoms with van der Waals surface area (Å²) in [5.41, 5.74) is 0. The molecule has 0 aliphatic carbocycles. The fourth-order valence-electron chi connectivity index (χ4n) is 0.654. The third kappa shape index (κ3) is 2.65. The van der Waals surface area contributed by atoms with Crippen LogP contribution < -0.4 is 0 Å². The van der Waals surface area contributed by atoms with Crippen LogP contribution in [0.15, 0.2) is 6.33 Å². The zero-order valence-electron chi connectivity index (χ0n) is 6.80. The molecular weight excluding hydrogens is 160 g/mol. The first-order valence-corrected chi connectivity index (χ1v) is 3.69. The van der Waals surface area contributed by atoms with E-state index < -0.39 is 0 Å². The predicted octanol–water partition coefficient (Wildman–Crippen LogP) is -0.0261. The fraction of sp³-hybridized carbons (Fsp3) is 0.667. The maximum absolute atomic E-state index is 10.8. The Kier molecular flexibility index (Phi) is 3.18. The summed E-state index contributed by atoms with van der Waals surface area (Å²) >= 11 is 0. The van der Waals surface area contributed by atoms with Crippen molar-refractivity contribution in [3.63, 3.8) is 0 Å². The van der Waals surface area contributed by atoms with Gasteiger partial charge in [-0.25, -0.2) is 0 Å². The largest absolute Gasteiger partial charge is 0.442 e. The number of aromatic nitrogens is 4. The van der Waals surface area contributed by atoms with E-state index in [1.807, 2.05) is 6.92 Å². The first kappa shape index (κ1) is 8.63. The monoisotopic (exact) mass is 170 g/mol. The van der Waals surface area contributed by atoms with Crippen molar-refractivity contribution in [2.75, 3.05) is 0 Å². The lowest BCUT2D eigenvalue weighted by Gasteiger charge is -2.01. The lowest BCUT2D eigenvalue weighted by molar-refractivity contribution is -0.147. The predicted molar refractivity (Wildman–Crippen MR) is 38.8 cm³/mol. The van der Waals surface area contributed by atoms with Crippen molar-refractivity contribution in [3.8, 4) is 0 Å². The second-order valence-electron chi connectivity index (χ2n) is 2.24.